The van der Waals surface area contributed by atoms with E-state index in [1.54, 1.807) is 0 Å². The molecule has 0 spiro atoms. The second kappa shape index (κ2) is 10.0. The first-order valence-corrected chi connectivity index (χ1v) is 15.6. The van der Waals surface area contributed by atoms with Gasteiger partial charge in [-0.3, -0.25) is 9.05 Å². The van der Waals surface area contributed by atoms with E-state index in [2.05, 4.69) is 111 Å². The van der Waals surface area contributed by atoms with Crippen LogP contribution in [-0.2, 0) is 23.1 Å². The number of hydrogen-bond donors (Lipinski definition) is 1. The van der Waals surface area contributed by atoms with Crippen molar-refractivity contribution in [2.75, 3.05) is 6.61 Å². The quantitative estimate of drug-likeness (QED) is 0.310. The second-order valence-corrected chi connectivity index (χ2v) is 17.9. The largest absolute Gasteiger partial charge is 0.386 e. The van der Waals surface area contributed by atoms with E-state index in [9.17, 15) is 4.57 Å². The van der Waals surface area contributed by atoms with Crippen LogP contribution in [0.15, 0.2) is 0 Å². The fraction of sp³-hybridized carbons (Fsp3) is 1.00. The van der Waals surface area contributed by atoms with Gasteiger partial charge in [-0.05, 0) is 33.5 Å². The first-order chi connectivity index (χ1) is 15.0. The van der Waals surface area contributed by atoms with Crippen LogP contribution in [0.25, 0.3) is 0 Å². The molecule has 2 aliphatic rings. The molecule has 0 saturated carbocycles. The van der Waals surface area contributed by atoms with Gasteiger partial charge in [-0.2, -0.15) is 0 Å². The lowest BCUT2D eigenvalue weighted by atomic mass is 9.59. The predicted octanol–water partition coefficient (Wildman–Crippen LogP) is 5.18. The van der Waals surface area contributed by atoms with Crippen molar-refractivity contribution in [1.82, 2.24) is 0 Å². The van der Waals surface area contributed by atoms with E-state index >= 15 is 0 Å². The van der Waals surface area contributed by atoms with Gasteiger partial charge in [0, 0.05) is 17.9 Å². The van der Waals surface area contributed by atoms with E-state index in [0.717, 1.165) is 0 Å². The molecule has 2 aliphatic heterocycles. The highest BCUT2D eigenvalue weighted by atomic mass is 32.7. The maximum atomic E-state index is 13.6. The molecule has 2 fully saturated rings. The molecule has 2 rings (SSSR count). The lowest BCUT2D eigenvalue weighted by Crippen LogP contribution is -2.43. The molecular weight excluding hydrogens is 465 g/mol. The molecule has 0 N–H and O–H groups in total. The van der Waals surface area contributed by atoms with Crippen LogP contribution in [0.5, 0.6) is 0 Å². The van der Waals surface area contributed by atoms with Gasteiger partial charge in [-0.1, -0.05) is 95.3 Å². The minimum Gasteiger partial charge on any atom is -0.381 e. The van der Waals surface area contributed by atoms with Gasteiger partial charge >= 0.3 is 6.80 Å². The zero-order valence-corrected chi connectivity index (χ0v) is 26.1. The Balaban J connectivity index is 2.24. The number of ether oxygens (including phenoxy) is 2. The fourth-order valence-corrected chi connectivity index (χ4v) is 8.14. The topological polar surface area (TPSA) is 54.0 Å². The monoisotopic (exact) mass is 516 g/mol. The molecule has 0 aromatic carbocycles. The molecule has 0 radical (unpaired) electrons. The van der Waals surface area contributed by atoms with E-state index in [0.29, 0.717) is 5.92 Å². The Labute approximate surface area is 217 Å². The Morgan fingerprint density at radius 1 is 0.735 bits per heavy atom. The highest BCUT2D eigenvalue weighted by Gasteiger charge is 2.55. The zero-order valence-electron chi connectivity index (χ0n) is 24.3. The summed E-state index contributed by atoms with van der Waals surface area (Å²) in [5.74, 6) is 0.687. The van der Waals surface area contributed by atoms with Crippen LogP contribution in [0.2, 0.25) is 0 Å². The molecule has 2 heterocycles. The van der Waals surface area contributed by atoms with Crippen molar-refractivity contribution in [3.8, 4) is 0 Å². The average Bonchev–Trinajstić information content (AvgIpc) is 3.08. The summed E-state index contributed by atoms with van der Waals surface area (Å²) in [7, 11) is 4.22. The first kappa shape index (κ1) is 30.8. The molecular formula is C25H51B2O5PS. The van der Waals surface area contributed by atoms with Crippen molar-refractivity contribution in [3.63, 3.8) is 0 Å². The minimum atomic E-state index is -3.66. The molecule has 0 amide bonds. The molecule has 34 heavy (non-hydrogen) atoms. The van der Waals surface area contributed by atoms with Crippen LogP contribution in [0.4, 0.5) is 0 Å². The lowest BCUT2D eigenvalue weighted by Gasteiger charge is -2.41. The van der Waals surface area contributed by atoms with E-state index in [1.165, 1.54) is 0 Å². The van der Waals surface area contributed by atoms with Crippen molar-refractivity contribution < 1.29 is 23.1 Å². The summed E-state index contributed by atoms with van der Waals surface area (Å²) in [4.78, 5) is 0. The van der Waals surface area contributed by atoms with Gasteiger partial charge in [0.05, 0.1) is 24.9 Å². The summed E-state index contributed by atoms with van der Waals surface area (Å²) in [6, 6.07) is 0.0806. The summed E-state index contributed by atoms with van der Waals surface area (Å²) < 4.78 is 38.6. The third-order valence-corrected chi connectivity index (χ3v) is 9.33. The van der Waals surface area contributed by atoms with Crippen LogP contribution in [0, 0.1) is 39.4 Å². The van der Waals surface area contributed by atoms with Crippen LogP contribution < -0.4 is 0 Å². The third kappa shape index (κ3) is 7.10. The summed E-state index contributed by atoms with van der Waals surface area (Å²) in [6.07, 6.45) is -0.743. The number of hydrogen-bond acceptors (Lipinski definition) is 5. The van der Waals surface area contributed by atoms with Crippen LogP contribution >= 0.6 is 19.0 Å². The van der Waals surface area contributed by atoms with E-state index in [-0.39, 0.29) is 70.4 Å². The lowest BCUT2D eigenvalue weighted by molar-refractivity contribution is -0.0356. The molecule has 9 heteroatoms. The van der Waals surface area contributed by atoms with Crippen molar-refractivity contribution >= 4 is 34.7 Å². The van der Waals surface area contributed by atoms with Gasteiger partial charge in [0.2, 0.25) is 0 Å². The van der Waals surface area contributed by atoms with Gasteiger partial charge in [0.15, 0.2) is 0 Å². The standard InChI is InChI=1S/C25H51B2O5PS/c1-22(2,3)15-14(30-20(26)16(15)23(4,5)6)13-29-33(28,34)32-18-17(24(7,8)9)21(27)31-19(18)25(10,11)12/h14-21H,13,26-27H2,1-12H3,(H,28,34)/t14-,15+,16?,17?,18-,19+,20-,21-,33-/m1/s1. The Bertz CT molecular complexity index is 752. The van der Waals surface area contributed by atoms with Gasteiger partial charge in [-0.15, -0.1) is 0 Å². The summed E-state index contributed by atoms with van der Waals surface area (Å²) in [5.41, 5.74) is -0.154. The fourth-order valence-electron chi connectivity index (χ4n) is 6.67. The second-order valence-electron chi connectivity index (χ2n) is 15.0. The van der Waals surface area contributed by atoms with E-state index in [1.807, 2.05) is 0 Å². The summed E-state index contributed by atoms with van der Waals surface area (Å²) in [6.45, 7) is 23.0. The van der Waals surface area contributed by atoms with Gasteiger partial charge in [-0.25, -0.2) is 4.57 Å². The first-order valence-electron chi connectivity index (χ1n) is 12.9. The van der Waals surface area contributed by atoms with Crippen LogP contribution in [0.1, 0.15) is 83.1 Å². The van der Waals surface area contributed by atoms with E-state index in [4.69, 9.17) is 18.5 Å². The van der Waals surface area contributed by atoms with Crippen molar-refractivity contribution in [1.29, 1.82) is 0 Å². The van der Waals surface area contributed by atoms with Gasteiger partial charge < -0.3 is 9.47 Å². The van der Waals surface area contributed by atoms with Gasteiger partial charge in [0.25, 0.3) is 0 Å². The summed E-state index contributed by atoms with van der Waals surface area (Å²) in [5, 5.41) is 0. The van der Waals surface area contributed by atoms with Gasteiger partial charge in [0.1, 0.15) is 15.7 Å². The van der Waals surface area contributed by atoms with Crippen molar-refractivity contribution in [2.45, 2.75) is 113 Å². The number of thiol groups is 1. The normalized spacial score (nSPS) is 37.7. The molecule has 9 atom stereocenters. The molecule has 0 aliphatic carbocycles. The molecule has 5 nitrogen and oxygen atoms in total. The van der Waals surface area contributed by atoms with Crippen molar-refractivity contribution in [3.05, 3.63) is 0 Å². The summed E-state index contributed by atoms with van der Waals surface area (Å²) >= 11 is 4.44. The Morgan fingerprint density at radius 2 is 1.18 bits per heavy atom. The smallest absolute Gasteiger partial charge is 0.381 e. The zero-order chi connectivity index (χ0) is 26.7. The Kier molecular flexibility index (Phi) is 9.07. The number of rotatable bonds is 5. The Morgan fingerprint density at radius 3 is 1.59 bits per heavy atom. The Hall–Kier alpha value is 0.550. The maximum Gasteiger partial charge on any atom is 0.386 e. The van der Waals surface area contributed by atoms with Crippen LogP contribution in [0.3, 0.4) is 0 Å². The maximum absolute atomic E-state index is 13.6. The molecule has 198 valence electrons. The minimum absolute atomic E-state index is 0.0145. The third-order valence-electron chi connectivity index (χ3n) is 7.71. The highest BCUT2D eigenvalue weighted by Crippen LogP contribution is 2.60. The molecule has 2 unspecified atom stereocenters. The van der Waals surface area contributed by atoms with Crippen molar-refractivity contribution in [2.24, 2.45) is 39.4 Å². The SMILES string of the molecule is B[C@@H]1O[C@H](C(C)(C)C)[C@H](O[P@](=O)(S)OC[C@H]2O[C@@H](B)C(C(C)(C)C)[C@H]2C(C)(C)C)C1C(C)(C)C. The molecule has 0 aromatic rings. The molecule has 2 saturated heterocycles. The highest BCUT2D eigenvalue weighted by molar-refractivity contribution is 8.44. The predicted molar refractivity (Wildman–Crippen MR) is 150 cm³/mol. The molecule has 0 aromatic heterocycles. The van der Waals surface area contributed by atoms with Crippen LogP contribution in [-0.4, -0.2) is 52.6 Å². The molecule has 0 bridgehead atoms. The average molecular weight is 516 g/mol. The van der Waals surface area contributed by atoms with E-state index < -0.39 is 6.80 Å².